The Balaban J connectivity index is 1.54. The minimum absolute atomic E-state index is 0.115. The number of nitrogens with one attached hydrogen (secondary N) is 1. The summed E-state index contributed by atoms with van der Waals surface area (Å²) in [6.07, 6.45) is 1.53. The Morgan fingerprint density at radius 3 is 2.62 bits per heavy atom. The SMILES string of the molecule is COC(=O)c1ccc(CN(C)C(=O)Cc2csc(NC(=O)c3ccco3)n2)cc1. The molecule has 0 radical (unpaired) electrons. The number of hydrogen-bond acceptors (Lipinski definition) is 7. The number of carbonyl (C=O) groups is 3. The van der Waals surface area contributed by atoms with Crippen LogP contribution in [0.5, 0.6) is 0 Å². The number of esters is 1. The largest absolute Gasteiger partial charge is 0.465 e. The van der Waals surface area contributed by atoms with Crippen LogP contribution in [0, 0.1) is 0 Å². The summed E-state index contributed by atoms with van der Waals surface area (Å²) < 4.78 is 9.70. The highest BCUT2D eigenvalue weighted by Crippen LogP contribution is 2.18. The zero-order valence-electron chi connectivity index (χ0n) is 15.9. The van der Waals surface area contributed by atoms with E-state index in [-0.39, 0.29) is 18.1 Å². The van der Waals surface area contributed by atoms with E-state index < -0.39 is 11.9 Å². The molecule has 0 bridgehead atoms. The molecule has 2 aromatic heterocycles. The lowest BCUT2D eigenvalue weighted by Gasteiger charge is -2.17. The van der Waals surface area contributed by atoms with Crippen LogP contribution in [0.25, 0.3) is 0 Å². The van der Waals surface area contributed by atoms with E-state index in [1.165, 1.54) is 24.7 Å². The summed E-state index contributed by atoms with van der Waals surface area (Å²) in [6.45, 7) is 0.395. The van der Waals surface area contributed by atoms with Crippen LogP contribution in [0.1, 0.15) is 32.2 Å². The normalized spacial score (nSPS) is 10.4. The maximum absolute atomic E-state index is 12.5. The van der Waals surface area contributed by atoms with E-state index in [1.807, 2.05) is 0 Å². The van der Waals surface area contributed by atoms with Gasteiger partial charge in [0.25, 0.3) is 5.91 Å². The van der Waals surface area contributed by atoms with Gasteiger partial charge in [0.2, 0.25) is 5.91 Å². The summed E-state index contributed by atoms with van der Waals surface area (Å²) in [5, 5.41) is 4.77. The van der Waals surface area contributed by atoms with Crippen molar-refractivity contribution in [3.05, 3.63) is 70.6 Å². The second kappa shape index (κ2) is 9.16. The highest BCUT2D eigenvalue weighted by molar-refractivity contribution is 7.14. The molecule has 29 heavy (non-hydrogen) atoms. The first-order chi connectivity index (χ1) is 14.0. The number of methoxy groups -OCH3 is 1. The molecule has 0 aliphatic heterocycles. The van der Waals surface area contributed by atoms with Crippen molar-refractivity contribution in [3.8, 4) is 0 Å². The molecule has 0 aliphatic carbocycles. The highest BCUT2D eigenvalue weighted by atomic mass is 32.1. The molecule has 9 heteroatoms. The summed E-state index contributed by atoms with van der Waals surface area (Å²) in [5.41, 5.74) is 1.91. The molecule has 8 nitrogen and oxygen atoms in total. The van der Waals surface area contributed by atoms with Gasteiger partial charge >= 0.3 is 5.97 Å². The average Bonchev–Trinajstić information content (AvgIpc) is 3.40. The first-order valence-electron chi connectivity index (χ1n) is 8.66. The number of nitrogens with zero attached hydrogens (tertiary/aromatic N) is 2. The van der Waals surface area contributed by atoms with E-state index in [1.54, 1.807) is 53.7 Å². The molecular formula is C20H19N3O5S. The number of hydrogen-bond donors (Lipinski definition) is 1. The van der Waals surface area contributed by atoms with Gasteiger partial charge < -0.3 is 14.1 Å². The van der Waals surface area contributed by atoms with Crippen LogP contribution >= 0.6 is 11.3 Å². The molecule has 1 aromatic carbocycles. The Labute approximate surface area is 171 Å². The third-order valence-electron chi connectivity index (χ3n) is 4.07. The van der Waals surface area contributed by atoms with Gasteiger partial charge in [0.1, 0.15) is 0 Å². The number of carbonyl (C=O) groups excluding carboxylic acids is 3. The molecule has 0 atom stereocenters. The predicted octanol–water partition coefficient (Wildman–Crippen LogP) is 2.98. The first-order valence-corrected chi connectivity index (χ1v) is 9.54. The topological polar surface area (TPSA) is 102 Å². The predicted molar refractivity (Wildman–Crippen MR) is 107 cm³/mol. The highest BCUT2D eigenvalue weighted by Gasteiger charge is 2.15. The number of furan rings is 1. The molecule has 1 N–H and O–H groups in total. The maximum atomic E-state index is 12.5. The number of amides is 2. The van der Waals surface area contributed by atoms with E-state index in [4.69, 9.17) is 4.42 Å². The van der Waals surface area contributed by atoms with E-state index in [2.05, 4.69) is 15.0 Å². The standard InChI is InChI=1S/C20H19N3O5S/c1-23(11-13-5-7-14(8-6-13)19(26)27-2)17(24)10-15-12-29-20(21-15)22-18(25)16-4-3-9-28-16/h3-9,12H,10-11H2,1-2H3,(H,21,22,25). The van der Waals surface area contributed by atoms with Crippen molar-refractivity contribution in [2.24, 2.45) is 0 Å². The minimum Gasteiger partial charge on any atom is -0.465 e. The van der Waals surface area contributed by atoms with Gasteiger partial charge in [0.05, 0.1) is 31.1 Å². The summed E-state index contributed by atoms with van der Waals surface area (Å²) >= 11 is 1.24. The number of likely N-dealkylation sites (N-methyl/N-ethyl adjacent to an activating group) is 1. The molecular weight excluding hydrogens is 394 g/mol. The van der Waals surface area contributed by atoms with Crippen molar-refractivity contribution in [2.45, 2.75) is 13.0 Å². The summed E-state index contributed by atoms with van der Waals surface area (Å²) in [5.74, 6) is -0.721. The molecule has 0 saturated carbocycles. The molecule has 3 rings (SSSR count). The van der Waals surface area contributed by atoms with Crippen LogP contribution in [0.4, 0.5) is 5.13 Å². The second-order valence-electron chi connectivity index (χ2n) is 6.19. The minimum atomic E-state index is -0.403. The molecule has 2 amide bonds. The smallest absolute Gasteiger partial charge is 0.337 e. The van der Waals surface area contributed by atoms with Gasteiger partial charge in [0.15, 0.2) is 10.9 Å². The molecule has 3 aromatic rings. The summed E-state index contributed by atoms with van der Waals surface area (Å²) in [6, 6.07) is 10.1. The lowest BCUT2D eigenvalue weighted by atomic mass is 10.1. The average molecular weight is 413 g/mol. The van der Waals surface area contributed by atoms with Crippen molar-refractivity contribution < 1.29 is 23.5 Å². The van der Waals surface area contributed by atoms with Gasteiger partial charge in [-0.05, 0) is 29.8 Å². The fourth-order valence-corrected chi connectivity index (χ4v) is 3.23. The summed E-state index contributed by atoms with van der Waals surface area (Å²) in [4.78, 5) is 41.8. The van der Waals surface area contributed by atoms with Crippen molar-refractivity contribution in [1.29, 1.82) is 0 Å². The van der Waals surface area contributed by atoms with E-state index in [9.17, 15) is 14.4 Å². The first kappa shape index (κ1) is 20.3. The number of rotatable bonds is 7. The number of benzene rings is 1. The van der Waals surface area contributed by atoms with Crippen molar-refractivity contribution in [3.63, 3.8) is 0 Å². The van der Waals surface area contributed by atoms with Crippen LogP contribution in [0.3, 0.4) is 0 Å². The molecule has 2 heterocycles. The Morgan fingerprint density at radius 2 is 1.97 bits per heavy atom. The van der Waals surface area contributed by atoms with Crippen LogP contribution in [0.15, 0.2) is 52.5 Å². The fourth-order valence-electron chi connectivity index (χ4n) is 2.53. The van der Waals surface area contributed by atoms with Gasteiger partial charge in [0, 0.05) is 19.0 Å². The fraction of sp³-hybridized carbons (Fsp3) is 0.200. The van der Waals surface area contributed by atoms with Gasteiger partial charge in [-0.25, -0.2) is 9.78 Å². The van der Waals surface area contributed by atoms with Crippen LogP contribution in [-0.2, 0) is 22.5 Å². The Kier molecular flexibility index (Phi) is 6.40. The molecule has 0 saturated heterocycles. The van der Waals surface area contributed by atoms with Gasteiger partial charge in [-0.2, -0.15) is 0 Å². The molecule has 150 valence electrons. The van der Waals surface area contributed by atoms with Crippen molar-refractivity contribution in [1.82, 2.24) is 9.88 Å². The Morgan fingerprint density at radius 1 is 1.21 bits per heavy atom. The van der Waals surface area contributed by atoms with Gasteiger partial charge in [-0.15, -0.1) is 11.3 Å². The van der Waals surface area contributed by atoms with Crippen LogP contribution < -0.4 is 5.32 Å². The molecule has 0 unspecified atom stereocenters. The van der Waals surface area contributed by atoms with E-state index in [0.29, 0.717) is 22.9 Å². The van der Waals surface area contributed by atoms with E-state index >= 15 is 0 Å². The Hall–Kier alpha value is -3.46. The van der Waals surface area contributed by atoms with Gasteiger partial charge in [-0.3, -0.25) is 14.9 Å². The lowest BCUT2D eigenvalue weighted by Crippen LogP contribution is -2.27. The van der Waals surface area contributed by atoms with Crippen molar-refractivity contribution in [2.75, 3.05) is 19.5 Å². The zero-order valence-corrected chi connectivity index (χ0v) is 16.7. The third kappa shape index (κ3) is 5.29. The summed E-state index contributed by atoms with van der Waals surface area (Å²) in [7, 11) is 3.03. The van der Waals surface area contributed by atoms with Gasteiger partial charge in [-0.1, -0.05) is 12.1 Å². The second-order valence-corrected chi connectivity index (χ2v) is 7.05. The Bertz CT molecular complexity index is 996. The molecule has 0 aliphatic rings. The maximum Gasteiger partial charge on any atom is 0.337 e. The molecule has 0 spiro atoms. The number of aromatic nitrogens is 1. The van der Waals surface area contributed by atoms with Crippen LogP contribution in [-0.4, -0.2) is 41.8 Å². The zero-order chi connectivity index (χ0) is 20.8. The number of anilines is 1. The quantitative estimate of drug-likeness (QED) is 0.598. The number of ether oxygens (including phenoxy) is 1. The monoisotopic (exact) mass is 413 g/mol. The lowest BCUT2D eigenvalue weighted by molar-refractivity contribution is -0.129. The number of thiazole rings is 1. The van der Waals surface area contributed by atoms with Crippen molar-refractivity contribution >= 4 is 34.3 Å². The van der Waals surface area contributed by atoms with Crippen LogP contribution in [0.2, 0.25) is 0 Å². The molecule has 0 fully saturated rings. The van der Waals surface area contributed by atoms with E-state index in [0.717, 1.165) is 5.56 Å². The third-order valence-corrected chi connectivity index (χ3v) is 4.88.